The molecule has 5 heteroatoms. The largest absolute Gasteiger partial charge is 0.329 e. The summed E-state index contributed by atoms with van der Waals surface area (Å²) in [7, 11) is 0. The van der Waals surface area contributed by atoms with Gasteiger partial charge in [-0.2, -0.15) is 5.26 Å². The van der Waals surface area contributed by atoms with E-state index >= 15 is 0 Å². The van der Waals surface area contributed by atoms with Crippen molar-refractivity contribution in [3.63, 3.8) is 0 Å². The minimum atomic E-state index is -0.158. The van der Waals surface area contributed by atoms with Crippen LogP contribution in [0.2, 0.25) is 0 Å². The summed E-state index contributed by atoms with van der Waals surface area (Å²) in [6.45, 7) is 2.91. The number of fused-ring (bicyclic) bond motifs is 1. The van der Waals surface area contributed by atoms with Crippen LogP contribution in [0.1, 0.15) is 24.6 Å². The van der Waals surface area contributed by atoms with Gasteiger partial charge in [0.05, 0.1) is 0 Å². The van der Waals surface area contributed by atoms with Crippen LogP contribution in [0.5, 0.6) is 0 Å². The molecule has 2 rings (SSSR count). The Labute approximate surface area is 86.7 Å². The van der Waals surface area contributed by atoms with Crippen molar-refractivity contribution < 1.29 is 0 Å². The molecule has 5 nitrogen and oxygen atoms in total. The van der Waals surface area contributed by atoms with E-state index in [1.54, 1.807) is 4.57 Å². The molecular weight excluding hydrogens is 192 g/mol. The zero-order valence-corrected chi connectivity index (χ0v) is 8.58. The highest BCUT2D eigenvalue weighted by atomic mass is 16.1. The van der Waals surface area contributed by atoms with Crippen molar-refractivity contribution >= 4 is 0 Å². The van der Waals surface area contributed by atoms with Crippen LogP contribution in [0.15, 0.2) is 4.79 Å². The summed E-state index contributed by atoms with van der Waals surface area (Å²) < 4.78 is 2.97. The summed E-state index contributed by atoms with van der Waals surface area (Å²) in [5, 5.41) is 16.8. The van der Waals surface area contributed by atoms with Crippen molar-refractivity contribution in [2.45, 2.75) is 32.9 Å². The topological polar surface area (TPSA) is 74.6 Å². The number of nitriles is 1. The van der Waals surface area contributed by atoms with Crippen LogP contribution in [0.25, 0.3) is 0 Å². The Morgan fingerprint density at radius 1 is 1.60 bits per heavy atom. The molecule has 1 aliphatic heterocycles. The van der Waals surface area contributed by atoms with Crippen LogP contribution in [0.3, 0.4) is 0 Å². The summed E-state index contributed by atoms with van der Waals surface area (Å²) in [4.78, 5) is 11.9. The van der Waals surface area contributed by atoms with Gasteiger partial charge in [0.1, 0.15) is 17.1 Å². The predicted octanol–water partition coefficient (Wildman–Crippen LogP) is -0.0330. The van der Waals surface area contributed by atoms with Crippen LogP contribution in [0, 0.1) is 16.7 Å². The van der Waals surface area contributed by atoms with Crippen molar-refractivity contribution in [1.82, 2.24) is 9.13 Å². The fraction of sp³-hybridized carbons (Fsp3) is 0.500. The van der Waals surface area contributed by atoms with Crippen molar-refractivity contribution in [3.05, 3.63) is 27.2 Å². The lowest BCUT2D eigenvalue weighted by molar-refractivity contribution is 0.577. The molecule has 1 N–H and O–H groups in total. The number of nitrogens with one attached hydrogen (secondary N) is 1. The fourth-order valence-corrected chi connectivity index (χ4v) is 2.07. The third kappa shape index (κ3) is 1.22. The molecule has 1 aliphatic rings. The highest BCUT2D eigenvalue weighted by molar-refractivity contribution is 5.32. The molecule has 0 spiro atoms. The smallest absolute Gasteiger partial charge is 0.296 e. The molecular formula is C10H12N4O. The van der Waals surface area contributed by atoms with Gasteiger partial charge >= 0.3 is 5.69 Å². The summed E-state index contributed by atoms with van der Waals surface area (Å²) in [6.07, 6.45) is 1.62. The normalized spacial score (nSPS) is 13.6. The van der Waals surface area contributed by atoms with E-state index in [0.29, 0.717) is 18.7 Å². The van der Waals surface area contributed by atoms with Gasteiger partial charge in [0.25, 0.3) is 0 Å². The lowest BCUT2D eigenvalue weighted by atomic mass is 10.2. The number of nitrogens with zero attached hydrogens (tertiary/aromatic N) is 3. The molecule has 0 atom stereocenters. The van der Waals surface area contributed by atoms with Crippen LogP contribution < -0.4 is 11.2 Å². The monoisotopic (exact) mass is 204 g/mol. The molecule has 78 valence electrons. The molecule has 1 aromatic heterocycles. The van der Waals surface area contributed by atoms with E-state index in [0.717, 1.165) is 18.5 Å². The summed E-state index contributed by atoms with van der Waals surface area (Å²) in [6, 6.07) is 2.03. The van der Waals surface area contributed by atoms with Crippen LogP contribution in [-0.2, 0) is 19.5 Å². The van der Waals surface area contributed by atoms with Crippen LogP contribution in [0.4, 0.5) is 0 Å². The van der Waals surface area contributed by atoms with E-state index in [2.05, 4.69) is 0 Å². The van der Waals surface area contributed by atoms with E-state index in [4.69, 9.17) is 10.7 Å². The third-order valence-electron chi connectivity index (χ3n) is 2.81. The van der Waals surface area contributed by atoms with Gasteiger partial charge in [-0.25, -0.2) is 4.79 Å². The first-order valence-electron chi connectivity index (χ1n) is 5.02. The number of rotatable bonds is 1. The van der Waals surface area contributed by atoms with E-state index in [9.17, 15) is 4.79 Å². The Bertz CT molecular complexity index is 559. The average molecular weight is 204 g/mol. The Morgan fingerprint density at radius 3 is 2.93 bits per heavy atom. The van der Waals surface area contributed by atoms with E-state index in [1.165, 1.54) is 4.57 Å². The third-order valence-corrected chi connectivity index (χ3v) is 2.81. The van der Waals surface area contributed by atoms with Gasteiger partial charge < -0.3 is 0 Å². The molecule has 0 radical (unpaired) electrons. The van der Waals surface area contributed by atoms with Gasteiger partial charge in [0, 0.05) is 18.8 Å². The second kappa shape index (κ2) is 3.39. The molecule has 0 unspecified atom stereocenters. The molecule has 0 aromatic carbocycles. The van der Waals surface area contributed by atoms with Gasteiger partial charge in [0.15, 0.2) is 0 Å². The van der Waals surface area contributed by atoms with Crippen LogP contribution in [-0.4, -0.2) is 9.13 Å². The second-order valence-corrected chi connectivity index (χ2v) is 3.56. The summed E-state index contributed by atoms with van der Waals surface area (Å²) >= 11 is 0. The van der Waals surface area contributed by atoms with Crippen molar-refractivity contribution in [2.24, 2.45) is 0 Å². The molecule has 0 amide bonds. The quantitative estimate of drug-likeness (QED) is 0.697. The lowest BCUT2D eigenvalue weighted by Crippen LogP contribution is -2.41. The van der Waals surface area contributed by atoms with Gasteiger partial charge in [0.2, 0.25) is 0 Å². The number of hydrogen-bond donors (Lipinski definition) is 1. The molecule has 2 heterocycles. The van der Waals surface area contributed by atoms with Gasteiger partial charge in [-0.1, -0.05) is 0 Å². The minimum absolute atomic E-state index is 0.0538. The SMILES string of the molecule is CCn1c(=N)c(C#N)c2n(c1=O)CCC2. The zero-order valence-electron chi connectivity index (χ0n) is 8.58. The van der Waals surface area contributed by atoms with Crippen molar-refractivity contribution in [3.8, 4) is 6.07 Å². The first kappa shape index (κ1) is 9.71. The van der Waals surface area contributed by atoms with Crippen LogP contribution >= 0.6 is 0 Å². The Balaban J connectivity index is 2.92. The molecule has 0 bridgehead atoms. The maximum Gasteiger partial charge on any atom is 0.329 e. The van der Waals surface area contributed by atoms with Crippen molar-refractivity contribution in [1.29, 1.82) is 10.7 Å². The summed E-state index contributed by atoms with van der Waals surface area (Å²) in [5.74, 6) is 0. The van der Waals surface area contributed by atoms with Crippen molar-refractivity contribution in [2.75, 3.05) is 0 Å². The van der Waals surface area contributed by atoms with Gasteiger partial charge in [-0.15, -0.1) is 0 Å². The zero-order chi connectivity index (χ0) is 11.0. The molecule has 0 fully saturated rings. The molecule has 15 heavy (non-hydrogen) atoms. The summed E-state index contributed by atoms with van der Waals surface area (Å²) in [5.41, 5.74) is 0.985. The molecule has 0 saturated heterocycles. The molecule has 0 saturated carbocycles. The highest BCUT2D eigenvalue weighted by Crippen LogP contribution is 2.12. The number of aromatic nitrogens is 2. The second-order valence-electron chi connectivity index (χ2n) is 3.56. The Kier molecular flexibility index (Phi) is 2.19. The van der Waals surface area contributed by atoms with Gasteiger partial charge in [-0.05, 0) is 19.8 Å². The van der Waals surface area contributed by atoms with E-state index in [1.807, 2.05) is 13.0 Å². The first-order chi connectivity index (χ1) is 7.20. The number of hydrogen-bond acceptors (Lipinski definition) is 3. The standard InChI is InChI=1S/C10H12N4O/c1-2-13-9(12)7(6-11)8-4-3-5-14(8)10(13)15/h12H,2-5H2,1H3. The molecule has 0 aliphatic carbocycles. The predicted molar refractivity (Wildman–Crippen MR) is 53.3 cm³/mol. The Morgan fingerprint density at radius 2 is 2.33 bits per heavy atom. The fourth-order valence-electron chi connectivity index (χ4n) is 2.07. The highest BCUT2D eigenvalue weighted by Gasteiger charge is 2.19. The lowest BCUT2D eigenvalue weighted by Gasteiger charge is -2.10. The Hall–Kier alpha value is -1.83. The maximum absolute atomic E-state index is 11.9. The van der Waals surface area contributed by atoms with Gasteiger partial charge in [-0.3, -0.25) is 14.5 Å². The molecule has 1 aromatic rings. The minimum Gasteiger partial charge on any atom is -0.296 e. The van der Waals surface area contributed by atoms with E-state index in [-0.39, 0.29) is 11.2 Å². The first-order valence-corrected chi connectivity index (χ1v) is 5.02. The average Bonchev–Trinajstić information content (AvgIpc) is 2.68. The maximum atomic E-state index is 11.9. The van der Waals surface area contributed by atoms with E-state index < -0.39 is 0 Å².